The summed E-state index contributed by atoms with van der Waals surface area (Å²) in [4.78, 5) is 21.4. The van der Waals surface area contributed by atoms with E-state index in [0.29, 0.717) is 5.69 Å². The number of halogens is 1. The summed E-state index contributed by atoms with van der Waals surface area (Å²) in [6.07, 6.45) is 0. The predicted molar refractivity (Wildman–Crippen MR) is 79.5 cm³/mol. The molecule has 0 atom stereocenters. The van der Waals surface area contributed by atoms with Crippen LogP contribution in [0.5, 0.6) is 0 Å². The Labute approximate surface area is 125 Å². The van der Waals surface area contributed by atoms with Gasteiger partial charge in [0.05, 0.1) is 21.2 Å². The molecule has 0 aromatic heterocycles. The zero-order valence-corrected chi connectivity index (χ0v) is 11.7. The molecule has 6 nitrogen and oxygen atoms in total. The highest BCUT2D eigenvalue weighted by Gasteiger charge is 2.20. The van der Waals surface area contributed by atoms with Gasteiger partial charge in [-0.3, -0.25) is 10.1 Å². The van der Waals surface area contributed by atoms with Gasteiger partial charge in [-0.15, -0.1) is 0 Å². The van der Waals surface area contributed by atoms with Crippen LogP contribution in [0.3, 0.4) is 0 Å². The first-order valence-corrected chi connectivity index (χ1v) is 6.31. The molecule has 0 saturated carbocycles. The highest BCUT2D eigenvalue weighted by molar-refractivity contribution is 6.34. The van der Waals surface area contributed by atoms with E-state index in [1.165, 1.54) is 0 Å². The summed E-state index contributed by atoms with van der Waals surface area (Å²) in [5, 5.41) is 22.9. The third kappa shape index (κ3) is 3.29. The molecule has 0 radical (unpaired) electrons. The Morgan fingerprint density at radius 3 is 2.62 bits per heavy atom. The van der Waals surface area contributed by atoms with Crippen molar-refractivity contribution in [3.63, 3.8) is 0 Å². The van der Waals surface area contributed by atoms with Gasteiger partial charge in [0.1, 0.15) is 0 Å². The van der Waals surface area contributed by atoms with Gasteiger partial charge in [0.25, 0.3) is 5.69 Å². The molecule has 2 aromatic rings. The smallest absolute Gasteiger partial charge is 0.338 e. The Hall–Kier alpha value is -2.60. The van der Waals surface area contributed by atoms with Crippen LogP contribution in [-0.4, -0.2) is 16.0 Å². The van der Waals surface area contributed by atoms with Crippen LogP contribution in [0.4, 0.5) is 17.1 Å². The lowest BCUT2D eigenvalue weighted by Gasteiger charge is -2.12. The number of hydrogen-bond acceptors (Lipinski definition) is 4. The first-order chi connectivity index (χ1) is 9.88. The number of carbonyl (C=O) groups is 1. The van der Waals surface area contributed by atoms with E-state index in [9.17, 15) is 20.0 Å². The average Bonchev–Trinajstić information content (AvgIpc) is 2.40. The van der Waals surface area contributed by atoms with Crippen LogP contribution < -0.4 is 5.32 Å². The van der Waals surface area contributed by atoms with Crippen molar-refractivity contribution in [3.05, 3.63) is 62.7 Å². The number of carboxylic acid groups (broad SMARTS) is 1. The Morgan fingerprint density at radius 2 is 2.05 bits per heavy atom. The second-order valence-corrected chi connectivity index (χ2v) is 4.81. The molecule has 21 heavy (non-hydrogen) atoms. The van der Waals surface area contributed by atoms with E-state index in [4.69, 9.17) is 11.6 Å². The van der Waals surface area contributed by atoms with Gasteiger partial charge in [-0.05, 0) is 24.6 Å². The fraction of sp³-hybridized carbons (Fsp3) is 0.0714. The number of nitrogens with one attached hydrogen (secondary N) is 1. The maximum absolute atomic E-state index is 11.3. The van der Waals surface area contributed by atoms with Crippen molar-refractivity contribution in [3.8, 4) is 0 Å². The summed E-state index contributed by atoms with van der Waals surface area (Å²) in [5.74, 6) is -1.30. The largest absolute Gasteiger partial charge is 0.478 e. The van der Waals surface area contributed by atoms with Gasteiger partial charge in [0.2, 0.25) is 0 Å². The molecule has 0 bridgehead atoms. The molecule has 2 N–H and O–H groups in total. The van der Waals surface area contributed by atoms with Crippen molar-refractivity contribution in [2.24, 2.45) is 0 Å². The number of anilines is 2. The summed E-state index contributed by atoms with van der Waals surface area (Å²) in [5.41, 5.74) is 1.13. The normalized spacial score (nSPS) is 10.2. The maximum Gasteiger partial charge on any atom is 0.338 e. The van der Waals surface area contributed by atoms with Crippen molar-refractivity contribution in [2.45, 2.75) is 6.92 Å². The third-order valence-corrected chi connectivity index (χ3v) is 3.10. The van der Waals surface area contributed by atoms with E-state index < -0.39 is 10.9 Å². The third-order valence-electron chi connectivity index (χ3n) is 2.80. The number of nitro benzene ring substituents is 1. The fourth-order valence-corrected chi connectivity index (χ4v) is 2.12. The lowest BCUT2D eigenvalue weighted by atomic mass is 10.1. The van der Waals surface area contributed by atoms with Crippen molar-refractivity contribution >= 4 is 34.6 Å². The van der Waals surface area contributed by atoms with E-state index in [0.717, 1.165) is 17.7 Å². The number of carboxylic acids is 1. The molecule has 2 rings (SSSR count). The number of non-ortho nitro benzene ring substituents is 1. The number of nitro groups is 1. The summed E-state index contributed by atoms with van der Waals surface area (Å²) in [6.45, 7) is 1.89. The highest BCUT2D eigenvalue weighted by Crippen LogP contribution is 2.33. The number of aromatic carboxylic acids is 1. The van der Waals surface area contributed by atoms with E-state index in [-0.39, 0.29) is 22.0 Å². The minimum Gasteiger partial charge on any atom is -0.478 e. The molecule has 0 spiro atoms. The summed E-state index contributed by atoms with van der Waals surface area (Å²) >= 11 is 5.98. The molecule has 0 aliphatic carbocycles. The lowest BCUT2D eigenvalue weighted by molar-refractivity contribution is -0.384. The standard InChI is InChI=1S/C14H11ClN2O4/c1-8-3-2-4-9(5-8)16-13-11(14(18)19)6-10(17(20)21)7-12(13)15/h2-7,16H,1H3,(H,18,19). The quantitative estimate of drug-likeness (QED) is 0.658. The van der Waals surface area contributed by atoms with Crippen molar-refractivity contribution in [2.75, 3.05) is 5.32 Å². The molecule has 0 fully saturated rings. The van der Waals surface area contributed by atoms with Gasteiger partial charge in [-0.1, -0.05) is 23.7 Å². The maximum atomic E-state index is 11.3. The van der Waals surface area contributed by atoms with Gasteiger partial charge < -0.3 is 10.4 Å². The number of rotatable bonds is 4. The zero-order valence-electron chi connectivity index (χ0n) is 11.0. The lowest BCUT2D eigenvalue weighted by Crippen LogP contribution is -2.05. The molecule has 0 aliphatic rings. The Kier molecular flexibility index (Phi) is 4.09. The predicted octanol–water partition coefficient (Wildman–Crippen LogP) is 4.00. The van der Waals surface area contributed by atoms with Crippen molar-refractivity contribution in [1.29, 1.82) is 0 Å². The van der Waals surface area contributed by atoms with E-state index in [1.807, 2.05) is 19.1 Å². The first kappa shape index (κ1) is 14.8. The number of hydrogen-bond donors (Lipinski definition) is 2. The van der Waals surface area contributed by atoms with Crippen LogP contribution in [0.2, 0.25) is 5.02 Å². The first-order valence-electron chi connectivity index (χ1n) is 5.93. The summed E-state index contributed by atoms with van der Waals surface area (Å²) < 4.78 is 0. The summed E-state index contributed by atoms with van der Waals surface area (Å²) in [6, 6.07) is 9.34. The molecule has 0 heterocycles. The SMILES string of the molecule is Cc1cccc(Nc2c(Cl)cc([N+](=O)[O-])cc2C(=O)O)c1. The number of aryl methyl sites for hydroxylation is 1. The average molecular weight is 307 g/mol. The Balaban J connectivity index is 2.52. The second kappa shape index (κ2) is 5.80. The van der Waals surface area contributed by atoms with Crippen LogP contribution in [0.1, 0.15) is 15.9 Å². The van der Waals surface area contributed by atoms with Crippen molar-refractivity contribution < 1.29 is 14.8 Å². The van der Waals surface area contributed by atoms with Gasteiger partial charge in [0.15, 0.2) is 0 Å². The molecule has 0 aliphatic heterocycles. The Morgan fingerprint density at radius 1 is 1.33 bits per heavy atom. The topological polar surface area (TPSA) is 92.5 Å². The zero-order chi connectivity index (χ0) is 15.6. The fourth-order valence-electron chi connectivity index (χ4n) is 1.86. The van der Waals surface area contributed by atoms with Crippen LogP contribution in [-0.2, 0) is 0 Å². The molecule has 0 unspecified atom stereocenters. The van der Waals surface area contributed by atoms with Gasteiger partial charge in [-0.2, -0.15) is 0 Å². The molecular weight excluding hydrogens is 296 g/mol. The summed E-state index contributed by atoms with van der Waals surface area (Å²) in [7, 11) is 0. The highest BCUT2D eigenvalue weighted by atomic mass is 35.5. The minimum absolute atomic E-state index is 0.0249. The van der Waals surface area contributed by atoms with E-state index in [1.54, 1.807) is 12.1 Å². The van der Waals surface area contributed by atoms with Gasteiger partial charge in [-0.25, -0.2) is 4.79 Å². The van der Waals surface area contributed by atoms with Crippen LogP contribution in [0.25, 0.3) is 0 Å². The van der Waals surface area contributed by atoms with E-state index >= 15 is 0 Å². The monoisotopic (exact) mass is 306 g/mol. The van der Waals surface area contributed by atoms with Crippen LogP contribution >= 0.6 is 11.6 Å². The van der Waals surface area contributed by atoms with Crippen LogP contribution in [0, 0.1) is 17.0 Å². The van der Waals surface area contributed by atoms with Crippen LogP contribution in [0.15, 0.2) is 36.4 Å². The molecule has 0 saturated heterocycles. The number of nitrogens with zero attached hydrogens (tertiary/aromatic N) is 1. The minimum atomic E-state index is -1.30. The Bertz CT molecular complexity index is 731. The molecule has 108 valence electrons. The molecule has 7 heteroatoms. The van der Waals surface area contributed by atoms with Gasteiger partial charge in [0, 0.05) is 17.8 Å². The second-order valence-electron chi connectivity index (χ2n) is 4.41. The number of benzene rings is 2. The molecular formula is C14H11ClN2O4. The van der Waals surface area contributed by atoms with E-state index in [2.05, 4.69) is 5.32 Å². The molecule has 0 amide bonds. The van der Waals surface area contributed by atoms with Gasteiger partial charge >= 0.3 is 5.97 Å². The van der Waals surface area contributed by atoms with Crippen molar-refractivity contribution in [1.82, 2.24) is 0 Å². The molecule has 2 aromatic carbocycles.